The van der Waals surface area contributed by atoms with Crippen molar-refractivity contribution in [3.63, 3.8) is 0 Å². The number of nitrogens with zero attached hydrogens (tertiary/aromatic N) is 2. The first-order chi connectivity index (χ1) is 6.38. The largest absolute Gasteiger partial charge is 0.241 e. The van der Waals surface area contributed by atoms with E-state index in [1.165, 1.54) is 0 Å². The standard InChI is InChI=1S/C11H12N2/c1-3-5-7-10-8-6-9-13-11(10)12-4-2/h3-9H,1H2,2H3/b7-5-,12-4+. The molecule has 0 spiro atoms. The summed E-state index contributed by atoms with van der Waals surface area (Å²) >= 11 is 0. The van der Waals surface area contributed by atoms with E-state index in [1.54, 1.807) is 18.5 Å². The Morgan fingerprint density at radius 1 is 1.54 bits per heavy atom. The number of rotatable bonds is 3. The molecule has 0 saturated heterocycles. The first-order valence-electron chi connectivity index (χ1n) is 4.11. The molecule has 13 heavy (non-hydrogen) atoms. The van der Waals surface area contributed by atoms with Gasteiger partial charge in [0.15, 0.2) is 5.82 Å². The lowest BCUT2D eigenvalue weighted by molar-refractivity contribution is 1.27. The van der Waals surface area contributed by atoms with Gasteiger partial charge in [0.1, 0.15) is 0 Å². The molecule has 0 aliphatic carbocycles. The van der Waals surface area contributed by atoms with Gasteiger partial charge in [-0.3, -0.25) is 0 Å². The second kappa shape index (κ2) is 5.04. The molecule has 0 radical (unpaired) electrons. The predicted molar refractivity (Wildman–Crippen MR) is 57.3 cm³/mol. The molecule has 0 unspecified atom stereocenters. The number of hydrogen-bond acceptors (Lipinski definition) is 2. The lowest BCUT2D eigenvalue weighted by atomic mass is 10.2. The second-order valence-electron chi connectivity index (χ2n) is 2.40. The summed E-state index contributed by atoms with van der Waals surface area (Å²) in [6.07, 6.45) is 8.99. The van der Waals surface area contributed by atoms with Crippen LogP contribution < -0.4 is 0 Å². The minimum absolute atomic E-state index is 0.739. The monoisotopic (exact) mass is 172 g/mol. The fraction of sp³-hybridized carbons (Fsp3) is 0.0909. The minimum Gasteiger partial charge on any atom is -0.241 e. The van der Waals surface area contributed by atoms with Gasteiger partial charge in [0.25, 0.3) is 0 Å². The summed E-state index contributed by atoms with van der Waals surface area (Å²) in [5, 5.41) is 0. The molecule has 1 rings (SSSR count). The SMILES string of the molecule is C=C/C=C\c1cccnc1/N=C/C. The highest BCUT2D eigenvalue weighted by molar-refractivity contribution is 5.66. The molecule has 0 fully saturated rings. The topological polar surface area (TPSA) is 25.2 Å². The van der Waals surface area contributed by atoms with Crippen molar-refractivity contribution in [3.8, 4) is 0 Å². The molecule has 1 heterocycles. The number of pyridine rings is 1. The van der Waals surface area contributed by atoms with Gasteiger partial charge in [-0.05, 0) is 19.1 Å². The summed E-state index contributed by atoms with van der Waals surface area (Å²) in [6.45, 7) is 5.48. The van der Waals surface area contributed by atoms with Crippen LogP contribution in [-0.4, -0.2) is 11.2 Å². The van der Waals surface area contributed by atoms with Gasteiger partial charge in [0.2, 0.25) is 0 Å². The van der Waals surface area contributed by atoms with E-state index in [0.29, 0.717) is 0 Å². The molecule has 0 amide bonds. The van der Waals surface area contributed by atoms with E-state index in [0.717, 1.165) is 11.4 Å². The zero-order chi connectivity index (χ0) is 9.52. The Morgan fingerprint density at radius 3 is 3.08 bits per heavy atom. The quantitative estimate of drug-likeness (QED) is 0.508. The van der Waals surface area contributed by atoms with Crippen LogP contribution in [0.1, 0.15) is 12.5 Å². The van der Waals surface area contributed by atoms with Crippen LogP contribution in [0.3, 0.4) is 0 Å². The van der Waals surface area contributed by atoms with Crippen LogP contribution in [0.5, 0.6) is 0 Å². The smallest absolute Gasteiger partial charge is 0.158 e. The van der Waals surface area contributed by atoms with Crippen molar-refractivity contribution in [2.24, 2.45) is 4.99 Å². The van der Waals surface area contributed by atoms with Gasteiger partial charge in [0, 0.05) is 18.0 Å². The summed E-state index contributed by atoms with van der Waals surface area (Å²) in [6, 6.07) is 3.85. The minimum atomic E-state index is 0.739. The zero-order valence-electron chi connectivity index (χ0n) is 7.64. The van der Waals surface area contributed by atoms with E-state index in [2.05, 4.69) is 16.6 Å². The van der Waals surface area contributed by atoms with Gasteiger partial charge < -0.3 is 0 Å². The molecule has 0 bridgehead atoms. The molecule has 0 aliphatic rings. The molecule has 0 saturated carbocycles. The van der Waals surface area contributed by atoms with Crippen LogP contribution in [0.25, 0.3) is 6.08 Å². The summed E-state index contributed by atoms with van der Waals surface area (Å²) in [4.78, 5) is 8.28. The lowest BCUT2D eigenvalue weighted by Crippen LogP contribution is -1.78. The van der Waals surface area contributed by atoms with E-state index in [1.807, 2.05) is 31.2 Å². The third-order valence-corrected chi connectivity index (χ3v) is 1.48. The van der Waals surface area contributed by atoms with Gasteiger partial charge in [-0.25, -0.2) is 9.98 Å². The number of aromatic nitrogens is 1. The Bertz CT molecular complexity index is 338. The molecule has 1 aromatic rings. The van der Waals surface area contributed by atoms with Gasteiger partial charge in [-0.1, -0.05) is 24.8 Å². The molecule has 0 aliphatic heterocycles. The second-order valence-corrected chi connectivity index (χ2v) is 2.40. The van der Waals surface area contributed by atoms with Crippen molar-refractivity contribution in [1.82, 2.24) is 4.98 Å². The number of allylic oxidation sites excluding steroid dienone is 2. The number of aliphatic imine (C=N–C) groups is 1. The van der Waals surface area contributed by atoms with Crippen LogP contribution in [0.2, 0.25) is 0 Å². The average Bonchev–Trinajstić information content (AvgIpc) is 2.17. The molecule has 0 aromatic carbocycles. The van der Waals surface area contributed by atoms with Crippen molar-refractivity contribution in [1.29, 1.82) is 0 Å². The van der Waals surface area contributed by atoms with E-state index in [9.17, 15) is 0 Å². The third-order valence-electron chi connectivity index (χ3n) is 1.48. The van der Waals surface area contributed by atoms with Crippen LogP contribution in [-0.2, 0) is 0 Å². The van der Waals surface area contributed by atoms with E-state index in [4.69, 9.17) is 0 Å². The van der Waals surface area contributed by atoms with E-state index < -0.39 is 0 Å². The van der Waals surface area contributed by atoms with Crippen LogP contribution >= 0.6 is 0 Å². The molecule has 0 atom stereocenters. The Hall–Kier alpha value is -1.70. The molecular formula is C11H12N2. The molecule has 66 valence electrons. The van der Waals surface area contributed by atoms with Crippen LogP contribution in [0, 0.1) is 0 Å². The maximum atomic E-state index is 4.14. The van der Waals surface area contributed by atoms with Gasteiger partial charge in [0.05, 0.1) is 0 Å². The maximum absolute atomic E-state index is 4.14. The Morgan fingerprint density at radius 2 is 2.38 bits per heavy atom. The van der Waals surface area contributed by atoms with Gasteiger partial charge in [-0.2, -0.15) is 0 Å². The van der Waals surface area contributed by atoms with Gasteiger partial charge >= 0.3 is 0 Å². The predicted octanol–water partition coefficient (Wildman–Crippen LogP) is 3.00. The summed E-state index contributed by atoms with van der Waals surface area (Å²) < 4.78 is 0. The van der Waals surface area contributed by atoms with Crippen LogP contribution in [0.4, 0.5) is 5.82 Å². The summed E-state index contributed by atoms with van der Waals surface area (Å²) in [7, 11) is 0. The number of hydrogen-bond donors (Lipinski definition) is 0. The zero-order valence-corrected chi connectivity index (χ0v) is 7.64. The molecular weight excluding hydrogens is 160 g/mol. The summed E-state index contributed by atoms with van der Waals surface area (Å²) in [5.41, 5.74) is 1.00. The third kappa shape index (κ3) is 2.67. The van der Waals surface area contributed by atoms with Crippen LogP contribution in [0.15, 0.2) is 42.1 Å². The fourth-order valence-corrected chi connectivity index (χ4v) is 0.941. The van der Waals surface area contributed by atoms with Crippen molar-refractivity contribution in [2.45, 2.75) is 6.92 Å². The Balaban J connectivity index is 3.03. The molecule has 2 heteroatoms. The maximum Gasteiger partial charge on any atom is 0.158 e. The lowest BCUT2D eigenvalue weighted by Gasteiger charge is -1.96. The van der Waals surface area contributed by atoms with E-state index in [-0.39, 0.29) is 0 Å². The molecule has 1 aromatic heterocycles. The summed E-state index contributed by atoms with van der Waals surface area (Å²) in [5.74, 6) is 0.739. The van der Waals surface area contributed by atoms with E-state index >= 15 is 0 Å². The highest BCUT2D eigenvalue weighted by Crippen LogP contribution is 2.15. The first kappa shape index (κ1) is 9.39. The first-order valence-corrected chi connectivity index (χ1v) is 4.11. The molecule has 0 N–H and O–H groups in total. The van der Waals surface area contributed by atoms with Gasteiger partial charge in [-0.15, -0.1) is 0 Å². The average molecular weight is 172 g/mol. The van der Waals surface area contributed by atoms with Crippen molar-refractivity contribution in [3.05, 3.63) is 42.6 Å². The van der Waals surface area contributed by atoms with Crippen molar-refractivity contribution in [2.75, 3.05) is 0 Å². The van der Waals surface area contributed by atoms with Crippen molar-refractivity contribution < 1.29 is 0 Å². The van der Waals surface area contributed by atoms with Crippen molar-refractivity contribution >= 4 is 18.1 Å². The normalized spacial score (nSPS) is 11.2. The highest BCUT2D eigenvalue weighted by atomic mass is 14.9. The Kier molecular flexibility index (Phi) is 3.64. The highest BCUT2D eigenvalue weighted by Gasteiger charge is 1.94. The Labute approximate surface area is 78.4 Å². The fourth-order valence-electron chi connectivity index (χ4n) is 0.941. The molecule has 2 nitrogen and oxygen atoms in total.